The van der Waals surface area contributed by atoms with E-state index in [9.17, 15) is 31.1 Å². The lowest BCUT2D eigenvalue weighted by molar-refractivity contribution is -0.143. The fourth-order valence-corrected chi connectivity index (χ4v) is 4.14. The number of anilines is 1. The molecule has 33 heavy (non-hydrogen) atoms. The Balaban J connectivity index is 1.68. The highest BCUT2D eigenvalue weighted by atomic mass is 19.4. The van der Waals surface area contributed by atoms with Gasteiger partial charge in [0.15, 0.2) is 6.61 Å². The highest BCUT2D eigenvalue weighted by Gasteiger charge is 2.37. The molecule has 0 bridgehead atoms. The van der Waals surface area contributed by atoms with Crippen molar-refractivity contribution >= 4 is 11.6 Å². The Kier molecular flexibility index (Phi) is 6.15. The van der Waals surface area contributed by atoms with Crippen molar-refractivity contribution in [3.8, 4) is 5.88 Å². The van der Waals surface area contributed by atoms with E-state index in [0.717, 1.165) is 38.0 Å². The first-order valence-electron chi connectivity index (χ1n) is 10.4. The van der Waals surface area contributed by atoms with Crippen molar-refractivity contribution in [1.29, 1.82) is 0 Å². The summed E-state index contributed by atoms with van der Waals surface area (Å²) in [6, 6.07) is 3.14. The van der Waals surface area contributed by atoms with Gasteiger partial charge in [0.2, 0.25) is 5.88 Å². The summed E-state index contributed by atoms with van der Waals surface area (Å²) in [5.41, 5.74) is -1.70. The van der Waals surface area contributed by atoms with E-state index in [2.05, 4.69) is 9.88 Å². The molecule has 2 aromatic rings. The molecule has 1 amide bonds. The minimum Gasteiger partial charge on any atom is -0.467 e. The molecule has 0 aliphatic carbocycles. The molecular weight excluding hydrogens is 452 g/mol. The van der Waals surface area contributed by atoms with Crippen LogP contribution in [0.1, 0.15) is 41.5 Å². The number of hydrogen-bond donors (Lipinski definition) is 0. The Morgan fingerprint density at radius 3 is 2.18 bits per heavy atom. The Morgan fingerprint density at radius 1 is 0.939 bits per heavy atom. The van der Waals surface area contributed by atoms with Gasteiger partial charge in [-0.2, -0.15) is 26.3 Å². The summed E-state index contributed by atoms with van der Waals surface area (Å²) >= 11 is 0. The van der Waals surface area contributed by atoms with E-state index < -0.39 is 42.5 Å². The van der Waals surface area contributed by atoms with Gasteiger partial charge in [0.1, 0.15) is 0 Å². The average Bonchev–Trinajstić information content (AvgIpc) is 2.92. The van der Waals surface area contributed by atoms with E-state index in [4.69, 9.17) is 4.74 Å². The third-order valence-electron chi connectivity index (χ3n) is 5.74. The van der Waals surface area contributed by atoms with Crippen molar-refractivity contribution in [3.63, 3.8) is 0 Å². The molecular formula is C22H21F6N3O2. The summed E-state index contributed by atoms with van der Waals surface area (Å²) in [7, 11) is 0. The van der Waals surface area contributed by atoms with E-state index in [1.165, 1.54) is 4.90 Å². The number of aromatic nitrogens is 1. The maximum Gasteiger partial charge on any atom is 0.416 e. The zero-order valence-electron chi connectivity index (χ0n) is 17.5. The lowest BCUT2D eigenvalue weighted by atomic mass is 10.0. The smallest absolute Gasteiger partial charge is 0.416 e. The van der Waals surface area contributed by atoms with Crippen LogP contribution in [0.15, 0.2) is 30.5 Å². The average molecular weight is 473 g/mol. The number of pyridine rings is 1. The molecule has 4 rings (SSSR count). The van der Waals surface area contributed by atoms with Crippen LogP contribution in [0.5, 0.6) is 5.88 Å². The van der Waals surface area contributed by atoms with Gasteiger partial charge in [-0.3, -0.25) is 4.79 Å². The van der Waals surface area contributed by atoms with Crippen LogP contribution in [-0.4, -0.2) is 35.5 Å². The lowest BCUT2D eigenvalue weighted by Crippen LogP contribution is -2.33. The van der Waals surface area contributed by atoms with Crippen molar-refractivity contribution in [2.24, 2.45) is 0 Å². The zero-order valence-corrected chi connectivity index (χ0v) is 17.5. The number of ether oxygens (including phenoxy) is 1. The molecule has 0 saturated carbocycles. The normalized spacial score (nSPS) is 17.5. The van der Waals surface area contributed by atoms with Gasteiger partial charge in [-0.15, -0.1) is 0 Å². The van der Waals surface area contributed by atoms with Crippen LogP contribution < -0.4 is 9.64 Å². The minimum absolute atomic E-state index is 0.0363. The van der Waals surface area contributed by atoms with Crippen molar-refractivity contribution in [2.75, 3.05) is 24.6 Å². The number of piperidine rings is 1. The SMILES string of the molecule is O=C1COc2nccc(N3CCCCC3)c2CN1Cc1cc(C(F)(F)F)cc(C(F)(F)F)c1. The maximum absolute atomic E-state index is 13.2. The zero-order chi connectivity index (χ0) is 23.8. The highest BCUT2D eigenvalue weighted by molar-refractivity contribution is 5.79. The molecule has 178 valence electrons. The lowest BCUT2D eigenvalue weighted by Gasteiger charge is -2.31. The summed E-state index contributed by atoms with van der Waals surface area (Å²) in [5, 5.41) is 0. The molecule has 2 aliphatic rings. The fourth-order valence-electron chi connectivity index (χ4n) is 4.14. The second-order valence-electron chi connectivity index (χ2n) is 8.11. The second-order valence-corrected chi connectivity index (χ2v) is 8.11. The number of benzene rings is 1. The summed E-state index contributed by atoms with van der Waals surface area (Å²) in [6.45, 7) is 0.725. The first-order valence-corrected chi connectivity index (χ1v) is 10.4. The number of alkyl halides is 6. The van der Waals surface area contributed by atoms with Crippen molar-refractivity contribution < 1.29 is 35.9 Å². The number of nitrogens with zero attached hydrogens (tertiary/aromatic N) is 3. The highest BCUT2D eigenvalue weighted by Crippen LogP contribution is 2.37. The number of fused-ring (bicyclic) bond motifs is 1. The standard InChI is InChI=1S/C22H21F6N3O2/c23-21(24,25)15-8-14(9-16(10-15)22(26,27)28)11-31-12-17-18(30-6-2-1-3-7-30)4-5-29-20(17)33-13-19(31)32/h4-5,8-10H,1-3,6-7,11-13H2. The quantitative estimate of drug-likeness (QED) is 0.587. The Hall–Kier alpha value is -2.98. The van der Waals surface area contributed by atoms with E-state index in [0.29, 0.717) is 17.7 Å². The molecule has 1 aromatic heterocycles. The third kappa shape index (κ3) is 5.17. The molecule has 0 radical (unpaired) electrons. The van der Waals surface area contributed by atoms with E-state index in [1.54, 1.807) is 12.3 Å². The first-order chi connectivity index (χ1) is 15.5. The van der Waals surface area contributed by atoms with Crippen LogP contribution >= 0.6 is 0 Å². The summed E-state index contributed by atoms with van der Waals surface area (Å²) in [4.78, 5) is 20.2. The van der Waals surface area contributed by atoms with E-state index in [-0.39, 0.29) is 24.1 Å². The first kappa shape index (κ1) is 23.2. The van der Waals surface area contributed by atoms with Crippen molar-refractivity contribution in [2.45, 2.75) is 44.7 Å². The van der Waals surface area contributed by atoms with E-state index in [1.807, 2.05) is 0 Å². The summed E-state index contributed by atoms with van der Waals surface area (Å²) in [5.74, 6) is -0.308. The Morgan fingerprint density at radius 2 is 1.58 bits per heavy atom. The number of amides is 1. The van der Waals surface area contributed by atoms with Crippen LogP contribution in [0.25, 0.3) is 0 Å². The van der Waals surface area contributed by atoms with Crippen LogP contribution in [0.2, 0.25) is 0 Å². The number of hydrogen-bond acceptors (Lipinski definition) is 4. The maximum atomic E-state index is 13.2. The molecule has 3 heterocycles. The number of halogens is 6. The van der Waals surface area contributed by atoms with Crippen molar-refractivity contribution in [3.05, 3.63) is 52.7 Å². The van der Waals surface area contributed by atoms with Crippen molar-refractivity contribution in [1.82, 2.24) is 9.88 Å². The Bertz CT molecular complexity index is 1000. The fraction of sp³-hybridized carbons (Fsp3) is 0.455. The van der Waals surface area contributed by atoms with Gasteiger partial charge in [0.25, 0.3) is 5.91 Å². The molecule has 0 unspecified atom stereocenters. The van der Waals surface area contributed by atoms with Crippen LogP contribution in [0.3, 0.4) is 0 Å². The molecule has 0 spiro atoms. The number of rotatable bonds is 3. The molecule has 11 heteroatoms. The molecule has 1 fully saturated rings. The molecule has 0 atom stereocenters. The van der Waals surface area contributed by atoms with Gasteiger partial charge in [0.05, 0.1) is 23.2 Å². The van der Waals surface area contributed by atoms with Gasteiger partial charge >= 0.3 is 12.4 Å². The third-order valence-corrected chi connectivity index (χ3v) is 5.74. The number of carbonyl (C=O) groups is 1. The molecule has 5 nitrogen and oxygen atoms in total. The summed E-state index contributed by atoms with van der Waals surface area (Å²) < 4.78 is 84.9. The van der Waals surface area contributed by atoms with E-state index >= 15 is 0 Å². The minimum atomic E-state index is -4.96. The molecule has 1 aromatic carbocycles. The molecule has 1 saturated heterocycles. The van der Waals surface area contributed by atoms with Gasteiger partial charge in [0, 0.05) is 31.5 Å². The van der Waals surface area contributed by atoms with Gasteiger partial charge in [-0.05, 0) is 49.1 Å². The van der Waals surface area contributed by atoms with Crippen LogP contribution in [0, 0.1) is 0 Å². The largest absolute Gasteiger partial charge is 0.467 e. The van der Waals surface area contributed by atoms with Gasteiger partial charge in [-0.25, -0.2) is 4.98 Å². The second kappa shape index (κ2) is 8.75. The summed E-state index contributed by atoms with van der Waals surface area (Å²) in [6.07, 6.45) is -5.27. The van der Waals surface area contributed by atoms with Gasteiger partial charge in [-0.1, -0.05) is 0 Å². The molecule has 0 N–H and O–H groups in total. The van der Waals surface area contributed by atoms with Crippen LogP contribution in [0.4, 0.5) is 32.0 Å². The topological polar surface area (TPSA) is 45.7 Å². The predicted octanol–water partition coefficient (Wildman–Crippen LogP) is 5.03. The van der Waals surface area contributed by atoms with Gasteiger partial charge < -0.3 is 14.5 Å². The predicted molar refractivity (Wildman–Crippen MR) is 106 cm³/mol. The number of carbonyl (C=O) groups excluding carboxylic acids is 1. The monoisotopic (exact) mass is 473 g/mol. The Labute approximate surface area is 185 Å². The molecule has 2 aliphatic heterocycles. The van der Waals surface area contributed by atoms with Crippen LogP contribution in [-0.2, 0) is 30.2 Å².